The molecule has 6 nitrogen and oxygen atoms in total. The number of carbonyl (C=O) groups is 1. The van der Waals surface area contributed by atoms with Gasteiger partial charge in [0.15, 0.2) is 5.60 Å². The van der Waals surface area contributed by atoms with Crippen molar-refractivity contribution in [1.82, 2.24) is 4.98 Å². The molecule has 0 saturated heterocycles. The number of oxazole rings is 1. The molecule has 3 aromatic rings. The number of carboxylic acids is 1. The predicted octanol–water partition coefficient (Wildman–Crippen LogP) is 4.49. The average molecular weight is 405 g/mol. The molecule has 1 N–H and O–H groups in total. The molecule has 0 unspecified atom stereocenters. The van der Waals surface area contributed by atoms with Crippen molar-refractivity contribution in [3.8, 4) is 35.3 Å². The highest BCUT2D eigenvalue weighted by Gasteiger charge is 2.29. The highest BCUT2D eigenvalue weighted by Crippen LogP contribution is 2.26. The van der Waals surface area contributed by atoms with Crippen LogP contribution in [0.25, 0.3) is 11.5 Å². The van der Waals surface area contributed by atoms with Gasteiger partial charge in [0.1, 0.15) is 17.3 Å². The van der Waals surface area contributed by atoms with E-state index in [1.807, 2.05) is 31.2 Å². The van der Waals surface area contributed by atoms with Crippen molar-refractivity contribution in [2.45, 2.75) is 32.8 Å². The fourth-order valence-electron chi connectivity index (χ4n) is 2.78. The van der Waals surface area contributed by atoms with Gasteiger partial charge in [-0.15, -0.1) is 6.42 Å². The molecule has 0 atom stereocenters. The molecule has 1 heterocycles. The van der Waals surface area contributed by atoms with Crippen LogP contribution in [0.4, 0.5) is 0 Å². The molecule has 0 radical (unpaired) electrons. The maximum absolute atomic E-state index is 11.2. The number of hydrogen-bond donors (Lipinski definition) is 1. The zero-order valence-electron chi connectivity index (χ0n) is 17.1. The van der Waals surface area contributed by atoms with Crippen LogP contribution in [-0.2, 0) is 11.2 Å². The smallest absolute Gasteiger partial charge is 0.347 e. The number of carboxylic acid groups (broad SMARTS) is 1. The number of benzene rings is 2. The van der Waals surface area contributed by atoms with Crippen molar-refractivity contribution >= 4 is 5.97 Å². The van der Waals surface area contributed by atoms with Crippen molar-refractivity contribution in [3.05, 3.63) is 65.5 Å². The van der Waals surface area contributed by atoms with Gasteiger partial charge in [-0.1, -0.05) is 18.1 Å². The monoisotopic (exact) mass is 405 g/mol. The second kappa shape index (κ2) is 8.75. The standard InChI is InChI=1S/C24H23NO5/c1-5-17-8-6-7-9-20(17)22-25-21(16(2)29-22)14-15-28-18-10-12-19(13-11-18)30-24(3,4)23(26)27/h1,6-13H,14-15H2,2-4H3,(H,26,27). The SMILES string of the molecule is C#Cc1ccccc1-c1nc(CCOc2ccc(OC(C)(C)C(=O)O)cc2)c(C)o1. The number of rotatable bonds is 8. The maximum atomic E-state index is 11.2. The van der Waals surface area contributed by atoms with Crippen LogP contribution in [0, 0.1) is 19.3 Å². The summed E-state index contributed by atoms with van der Waals surface area (Å²) in [4.78, 5) is 15.7. The Morgan fingerprint density at radius 2 is 1.83 bits per heavy atom. The average Bonchev–Trinajstić information content (AvgIpc) is 3.09. The molecular formula is C24H23NO5. The van der Waals surface area contributed by atoms with Crippen LogP contribution in [0.1, 0.15) is 30.9 Å². The largest absolute Gasteiger partial charge is 0.493 e. The Bertz CT molecular complexity index is 1070. The summed E-state index contributed by atoms with van der Waals surface area (Å²) in [5.41, 5.74) is 1.02. The number of nitrogens with zero attached hydrogens (tertiary/aromatic N) is 1. The number of terminal acetylenes is 1. The van der Waals surface area contributed by atoms with Gasteiger partial charge in [-0.3, -0.25) is 0 Å². The third-order valence-corrected chi connectivity index (χ3v) is 4.53. The molecule has 0 fully saturated rings. The van der Waals surface area contributed by atoms with E-state index in [2.05, 4.69) is 10.9 Å². The van der Waals surface area contributed by atoms with Gasteiger partial charge in [0, 0.05) is 12.0 Å². The Labute approximate surface area is 175 Å². The summed E-state index contributed by atoms with van der Waals surface area (Å²) in [7, 11) is 0. The summed E-state index contributed by atoms with van der Waals surface area (Å²) in [6, 6.07) is 14.3. The number of aryl methyl sites for hydroxylation is 1. The van der Waals surface area contributed by atoms with Crippen LogP contribution in [0.3, 0.4) is 0 Å². The van der Waals surface area contributed by atoms with E-state index >= 15 is 0 Å². The quantitative estimate of drug-likeness (QED) is 0.556. The Morgan fingerprint density at radius 1 is 1.17 bits per heavy atom. The van der Waals surface area contributed by atoms with Crippen molar-refractivity contribution in [1.29, 1.82) is 0 Å². The van der Waals surface area contributed by atoms with E-state index in [1.165, 1.54) is 13.8 Å². The minimum atomic E-state index is -1.30. The van der Waals surface area contributed by atoms with E-state index in [0.717, 1.165) is 22.6 Å². The lowest BCUT2D eigenvalue weighted by Gasteiger charge is -2.21. The fourth-order valence-corrected chi connectivity index (χ4v) is 2.78. The van der Waals surface area contributed by atoms with Gasteiger partial charge in [-0.2, -0.15) is 0 Å². The number of ether oxygens (including phenoxy) is 2. The van der Waals surface area contributed by atoms with Gasteiger partial charge in [-0.05, 0) is 57.2 Å². The van der Waals surface area contributed by atoms with Crippen LogP contribution in [0.2, 0.25) is 0 Å². The molecule has 1 aromatic heterocycles. The lowest BCUT2D eigenvalue weighted by Crippen LogP contribution is -2.37. The van der Waals surface area contributed by atoms with Crippen LogP contribution in [0.5, 0.6) is 11.5 Å². The summed E-state index contributed by atoms with van der Waals surface area (Å²) in [6.45, 7) is 5.26. The van der Waals surface area contributed by atoms with Gasteiger partial charge in [0.2, 0.25) is 5.89 Å². The Kier molecular flexibility index (Phi) is 6.12. The third-order valence-electron chi connectivity index (χ3n) is 4.53. The van der Waals surface area contributed by atoms with Gasteiger partial charge in [0.05, 0.1) is 17.9 Å². The summed E-state index contributed by atoms with van der Waals surface area (Å²) in [5, 5.41) is 9.13. The van der Waals surface area contributed by atoms with E-state index in [-0.39, 0.29) is 0 Å². The van der Waals surface area contributed by atoms with Crippen molar-refractivity contribution < 1.29 is 23.8 Å². The molecule has 0 amide bonds. The summed E-state index contributed by atoms with van der Waals surface area (Å²) < 4.78 is 17.1. The molecule has 6 heteroatoms. The highest BCUT2D eigenvalue weighted by molar-refractivity contribution is 5.76. The van der Waals surface area contributed by atoms with E-state index in [1.54, 1.807) is 24.3 Å². The van der Waals surface area contributed by atoms with Gasteiger partial charge < -0.3 is 19.0 Å². The lowest BCUT2D eigenvalue weighted by atomic mass is 10.1. The Balaban J connectivity index is 1.60. The molecular weight excluding hydrogens is 382 g/mol. The van der Waals surface area contributed by atoms with Gasteiger partial charge in [0.25, 0.3) is 0 Å². The molecule has 3 rings (SSSR count). The molecule has 0 bridgehead atoms. The first-order valence-corrected chi connectivity index (χ1v) is 9.48. The minimum absolute atomic E-state index is 0.407. The number of aliphatic carboxylic acids is 1. The van der Waals surface area contributed by atoms with E-state index < -0.39 is 11.6 Å². The first-order valence-electron chi connectivity index (χ1n) is 9.48. The van der Waals surface area contributed by atoms with Crippen LogP contribution < -0.4 is 9.47 Å². The Hall–Kier alpha value is -3.72. The van der Waals surface area contributed by atoms with Crippen LogP contribution in [-0.4, -0.2) is 28.3 Å². The first-order chi connectivity index (χ1) is 14.3. The molecule has 2 aromatic carbocycles. The van der Waals surface area contributed by atoms with E-state index in [0.29, 0.717) is 30.4 Å². The van der Waals surface area contributed by atoms with Crippen molar-refractivity contribution in [2.24, 2.45) is 0 Å². The van der Waals surface area contributed by atoms with Gasteiger partial charge >= 0.3 is 5.97 Å². The first kappa shape index (κ1) is 21.0. The molecule has 30 heavy (non-hydrogen) atoms. The minimum Gasteiger partial charge on any atom is -0.493 e. The third kappa shape index (κ3) is 4.81. The second-order valence-electron chi connectivity index (χ2n) is 7.20. The zero-order valence-corrected chi connectivity index (χ0v) is 17.1. The van der Waals surface area contributed by atoms with Crippen molar-refractivity contribution in [2.75, 3.05) is 6.61 Å². The summed E-state index contributed by atoms with van der Waals surface area (Å²) in [6.07, 6.45) is 6.13. The molecule has 0 aliphatic rings. The predicted molar refractivity (Wildman–Crippen MR) is 113 cm³/mol. The molecule has 0 aliphatic carbocycles. The lowest BCUT2D eigenvalue weighted by molar-refractivity contribution is -0.152. The van der Waals surface area contributed by atoms with E-state index in [4.69, 9.17) is 25.4 Å². The second-order valence-corrected chi connectivity index (χ2v) is 7.20. The normalized spacial score (nSPS) is 11.0. The topological polar surface area (TPSA) is 81.8 Å². The van der Waals surface area contributed by atoms with Gasteiger partial charge in [-0.25, -0.2) is 9.78 Å². The van der Waals surface area contributed by atoms with Crippen LogP contribution >= 0.6 is 0 Å². The highest BCUT2D eigenvalue weighted by atomic mass is 16.5. The van der Waals surface area contributed by atoms with E-state index in [9.17, 15) is 4.79 Å². The zero-order chi connectivity index (χ0) is 21.7. The molecule has 0 aliphatic heterocycles. The number of aromatic nitrogens is 1. The van der Waals surface area contributed by atoms with Crippen LogP contribution in [0.15, 0.2) is 52.9 Å². The fraction of sp³-hybridized carbons (Fsp3) is 0.250. The Morgan fingerprint density at radius 3 is 2.50 bits per heavy atom. The number of hydrogen-bond acceptors (Lipinski definition) is 5. The maximum Gasteiger partial charge on any atom is 0.347 e. The van der Waals surface area contributed by atoms with Crippen molar-refractivity contribution in [3.63, 3.8) is 0 Å². The molecule has 0 spiro atoms. The summed E-state index contributed by atoms with van der Waals surface area (Å²) >= 11 is 0. The molecule has 154 valence electrons. The molecule has 0 saturated carbocycles. The summed E-state index contributed by atoms with van der Waals surface area (Å²) in [5.74, 6) is 3.94.